The lowest BCUT2D eigenvalue weighted by atomic mass is 10.1. The summed E-state index contributed by atoms with van der Waals surface area (Å²) in [4.78, 5) is 25.5. The molecular weight excluding hydrogens is 322 g/mol. The molecule has 1 aromatic rings. The molecule has 0 N–H and O–H groups in total. The maximum atomic E-state index is 12.6. The molecule has 6 heteroatoms. The summed E-state index contributed by atoms with van der Waals surface area (Å²) in [6, 6.07) is 5.41. The molecule has 1 amide bonds. The Morgan fingerprint density at radius 3 is 2.44 bits per heavy atom. The van der Waals surface area contributed by atoms with Crippen LogP contribution in [0.25, 0.3) is 0 Å². The first-order valence-corrected chi connectivity index (χ1v) is 7.82. The predicted molar refractivity (Wildman–Crippen MR) is 95.6 cm³/mol. The summed E-state index contributed by atoms with van der Waals surface area (Å²) < 4.78 is 15.1. The lowest BCUT2D eigenvalue weighted by Crippen LogP contribution is -2.32. The second kappa shape index (κ2) is 10.2. The van der Waals surface area contributed by atoms with Crippen LogP contribution in [-0.2, 0) is 20.9 Å². The van der Waals surface area contributed by atoms with Gasteiger partial charge in [-0.2, -0.15) is 0 Å². The van der Waals surface area contributed by atoms with Gasteiger partial charge in [0.05, 0.1) is 21.3 Å². The smallest absolute Gasteiger partial charge is 0.305 e. The average molecular weight is 347 g/mol. The molecule has 1 aromatic carbocycles. The van der Waals surface area contributed by atoms with Gasteiger partial charge in [-0.1, -0.05) is 12.7 Å². The van der Waals surface area contributed by atoms with Crippen molar-refractivity contribution in [2.24, 2.45) is 0 Å². The monoisotopic (exact) mass is 347 g/mol. The first-order chi connectivity index (χ1) is 12.0. The Hall–Kier alpha value is -2.76. The van der Waals surface area contributed by atoms with Gasteiger partial charge in [-0.15, -0.1) is 6.58 Å². The molecule has 0 heterocycles. The third-order valence-corrected chi connectivity index (χ3v) is 3.65. The Morgan fingerprint density at radius 2 is 1.88 bits per heavy atom. The zero-order valence-corrected chi connectivity index (χ0v) is 15.0. The lowest BCUT2D eigenvalue weighted by Gasteiger charge is -2.23. The topological polar surface area (TPSA) is 65.1 Å². The van der Waals surface area contributed by atoms with E-state index in [0.717, 1.165) is 5.56 Å². The van der Waals surface area contributed by atoms with Crippen molar-refractivity contribution in [1.29, 1.82) is 0 Å². The molecular formula is C19H25NO5. The van der Waals surface area contributed by atoms with Gasteiger partial charge in [0.1, 0.15) is 11.5 Å². The van der Waals surface area contributed by atoms with Crippen molar-refractivity contribution in [2.45, 2.75) is 19.4 Å². The summed E-state index contributed by atoms with van der Waals surface area (Å²) >= 11 is 0. The van der Waals surface area contributed by atoms with Crippen LogP contribution in [0.5, 0.6) is 11.5 Å². The number of ether oxygens (including phenoxy) is 3. The number of hydrogen-bond donors (Lipinski definition) is 0. The number of rotatable bonds is 10. The highest BCUT2D eigenvalue weighted by Gasteiger charge is 2.19. The number of carbonyl (C=O) groups is 2. The minimum absolute atomic E-state index is 0.120. The Labute approximate surface area is 148 Å². The van der Waals surface area contributed by atoms with Crippen molar-refractivity contribution in [3.63, 3.8) is 0 Å². The summed E-state index contributed by atoms with van der Waals surface area (Å²) in [6.45, 7) is 8.16. The first-order valence-electron chi connectivity index (χ1n) is 7.82. The summed E-state index contributed by atoms with van der Waals surface area (Å²) in [5, 5.41) is 0. The van der Waals surface area contributed by atoms with E-state index in [0.29, 0.717) is 30.2 Å². The molecule has 136 valence electrons. The Balaban J connectivity index is 2.89. The fraction of sp³-hybridized carbons (Fsp3) is 0.368. The Morgan fingerprint density at radius 1 is 1.16 bits per heavy atom. The molecule has 0 aromatic heterocycles. The average Bonchev–Trinajstić information content (AvgIpc) is 2.64. The molecule has 0 aliphatic rings. The normalized spacial score (nSPS) is 9.88. The number of carbonyl (C=O) groups excluding carboxylic acids is 2. The quantitative estimate of drug-likeness (QED) is 0.370. The van der Waals surface area contributed by atoms with E-state index in [9.17, 15) is 9.59 Å². The molecule has 0 atom stereocenters. The minimum Gasteiger partial charge on any atom is -0.497 e. The molecule has 25 heavy (non-hydrogen) atoms. The van der Waals surface area contributed by atoms with Gasteiger partial charge < -0.3 is 19.1 Å². The van der Waals surface area contributed by atoms with E-state index in [4.69, 9.17) is 9.47 Å². The van der Waals surface area contributed by atoms with Crippen LogP contribution < -0.4 is 9.47 Å². The van der Waals surface area contributed by atoms with E-state index < -0.39 is 0 Å². The van der Waals surface area contributed by atoms with Crippen LogP contribution in [0.4, 0.5) is 0 Å². The van der Waals surface area contributed by atoms with Crippen molar-refractivity contribution in [1.82, 2.24) is 4.90 Å². The molecule has 0 saturated carbocycles. The van der Waals surface area contributed by atoms with E-state index in [1.54, 1.807) is 37.3 Å². The molecule has 0 unspecified atom stereocenters. The highest BCUT2D eigenvalue weighted by molar-refractivity contribution is 5.93. The van der Waals surface area contributed by atoms with Gasteiger partial charge in [-0.25, -0.2) is 0 Å². The minimum atomic E-state index is -0.374. The fourth-order valence-corrected chi connectivity index (χ4v) is 2.25. The van der Waals surface area contributed by atoms with Gasteiger partial charge in [-0.05, 0) is 18.6 Å². The lowest BCUT2D eigenvalue weighted by molar-refractivity contribution is -0.140. The third-order valence-electron chi connectivity index (χ3n) is 3.65. The van der Waals surface area contributed by atoms with E-state index >= 15 is 0 Å². The predicted octanol–water partition coefficient (Wildman–Crippen LogP) is 2.73. The third kappa shape index (κ3) is 5.99. The van der Waals surface area contributed by atoms with E-state index in [1.807, 2.05) is 6.07 Å². The number of nitrogens with zero attached hydrogens (tertiary/aromatic N) is 1. The van der Waals surface area contributed by atoms with Crippen molar-refractivity contribution in [2.75, 3.05) is 27.9 Å². The molecule has 0 bridgehead atoms. The number of benzene rings is 1. The second-order valence-corrected chi connectivity index (χ2v) is 5.33. The zero-order valence-electron chi connectivity index (χ0n) is 15.0. The van der Waals surface area contributed by atoms with Gasteiger partial charge in [-0.3, -0.25) is 9.59 Å². The number of esters is 1. The van der Waals surface area contributed by atoms with Crippen molar-refractivity contribution in [3.8, 4) is 11.5 Å². The molecule has 0 aliphatic heterocycles. The number of amides is 1. The summed E-state index contributed by atoms with van der Waals surface area (Å²) in [5.74, 6) is 0.689. The molecule has 0 saturated heterocycles. The summed E-state index contributed by atoms with van der Waals surface area (Å²) in [5.41, 5.74) is 1.18. The van der Waals surface area contributed by atoms with Crippen molar-refractivity contribution >= 4 is 11.9 Å². The van der Waals surface area contributed by atoms with Crippen LogP contribution in [0.15, 0.2) is 43.0 Å². The van der Waals surface area contributed by atoms with Crippen LogP contribution in [0, 0.1) is 0 Å². The Kier molecular flexibility index (Phi) is 8.26. The molecule has 0 spiro atoms. The van der Waals surface area contributed by atoms with E-state index in [2.05, 4.69) is 17.9 Å². The zero-order chi connectivity index (χ0) is 18.8. The first kappa shape index (κ1) is 20.3. The largest absolute Gasteiger partial charge is 0.497 e. The molecule has 6 nitrogen and oxygen atoms in total. The van der Waals surface area contributed by atoms with Crippen LogP contribution in [0.1, 0.15) is 18.4 Å². The van der Waals surface area contributed by atoms with Gasteiger partial charge in [0.25, 0.3) is 0 Å². The van der Waals surface area contributed by atoms with Crippen LogP contribution in [0.2, 0.25) is 0 Å². The van der Waals surface area contributed by atoms with Gasteiger partial charge in [0, 0.05) is 36.7 Å². The molecule has 0 fully saturated rings. The fourth-order valence-electron chi connectivity index (χ4n) is 2.25. The molecule has 0 aliphatic carbocycles. The number of methoxy groups -OCH3 is 3. The highest BCUT2D eigenvalue weighted by Crippen LogP contribution is 2.26. The van der Waals surface area contributed by atoms with Crippen molar-refractivity contribution in [3.05, 3.63) is 48.6 Å². The van der Waals surface area contributed by atoms with E-state index in [1.165, 1.54) is 7.11 Å². The maximum absolute atomic E-state index is 12.6. The Bertz CT molecular complexity index is 639. The second-order valence-electron chi connectivity index (χ2n) is 5.33. The summed E-state index contributed by atoms with van der Waals surface area (Å²) in [7, 11) is 4.45. The van der Waals surface area contributed by atoms with E-state index in [-0.39, 0.29) is 24.7 Å². The van der Waals surface area contributed by atoms with Crippen LogP contribution in [0.3, 0.4) is 0 Å². The van der Waals surface area contributed by atoms with Crippen molar-refractivity contribution < 1.29 is 23.8 Å². The van der Waals surface area contributed by atoms with Crippen LogP contribution >= 0.6 is 0 Å². The van der Waals surface area contributed by atoms with Crippen LogP contribution in [-0.4, -0.2) is 44.7 Å². The highest BCUT2D eigenvalue weighted by atomic mass is 16.5. The summed E-state index contributed by atoms with van der Waals surface area (Å²) in [6.07, 6.45) is 2.01. The molecule has 0 radical (unpaired) electrons. The van der Waals surface area contributed by atoms with Gasteiger partial charge in [0.15, 0.2) is 0 Å². The number of hydrogen-bond acceptors (Lipinski definition) is 5. The SMILES string of the molecule is C=CCN(Cc1ccc(OC)cc1OC)C(=O)C(=C)CCC(=O)OC. The van der Waals surface area contributed by atoms with Gasteiger partial charge >= 0.3 is 5.97 Å². The standard InChI is InChI=1S/C19H25NO5/c1-6-11-20(19(22)14(2)7-10-18(21)25-5)13-15-8-9-16(23-3)12-17(15)24-4/h6,8-9,12H,1-2,7,10-11,13H2,3-5H3. The maximum Gasteiger partial charge on any atom is 0.305 e. The van der Waals surface area contributed by atoms with Gasteiger partial charge in [0.2, 0.25) is 5.91 Å². The molecule has 1 rings (SSSR count).